The first kappa shape index (κ1) is 22.7. The highest BCUT2D eigenvalue weighted by atomic mass is 16.3. The molecule has 4 heteroatoms. The first-order valence-electron chi connectivity index (χ1n) is 13.1. The average molecular weight is 449 g/mol. The smallest absolute Gasteiger partial charge is 0.267 e. The molecule has 4 nitrogen and oxygen atoms in total. The van der Waals surface area contributed by atoms with Gasteiger partial charge in [0, 0.05) is 17.3 Å². The standard InChI is InChI=1S/C29H40N2O2/c1-28(2,33)21-15-20(16-22(17-21)29(3)12-13-29)24-18-26(27(32)30-23-10-7-11-23)31-25(24)14-19-8-5-4-6-9-19/h15-19,23,31,33H,4-14H2,1-3H3,(H,30,32). The monoisotopic (exact) mass is 448 g/mol. The maximum Gasteiger partial charge on any atom is 0.267 e. The predicted octanol–water partition coefficient (Wildman–Crippen LogP) is 6.37. The lowest BCUT2D eigenvalue weighted by molar-refractivity contribution is 0.0785. The summed E-state index contributed by atoms with van der Waals surface area (Å²) in [5, 5.41) is 14.1. The van der Waals surface area contributed by atoms with Crippen LogP contribution in [0.5, 0.6) is 0 Å². The van der Waals surface area contributed by atoms with Gasteiger partial charge in [-0.3, -0.25) is 4.79 Å². The number of hydrogen-bond donors (Lipinski definition) is 3. The second-order valence-corrected chi connectivity index (χ2v) is 11.8. The van der Waals surface area contributed by atoms with Crippen LogP contribution in [0.15, 0.2) is 24.3 Å². The number of hydrogen-bond acceptors (Lipinski definition) is 2. The van der Waals surface area contributed by atoms with Gasteiger partial charge in [0.2, 0.25) is 0 Å². The van der Waals surface area contributed by atoms with Crippen molar-refractivity contribution in [2.45, 2.75) is 108 Å². The molecule has 5 rings (SSSR count). The van der Waals surface area contributed by atoms with Crippen LogP contribution in [0, 0.1) is 5.92 Å². The van der Waals surface area contributed by atoms with E-state index in [1.165, 1.54) is 62.6 Å². The van der Waals surface area contributed by atoms with Crippen LogP contribution in [0.4, 0.5) is 0 Å². The fourth-order valence-corrected chi connectivity index (χ4v) is 5.49. The number of carbonyl (C=O) groups is 1. The highest BCUT2D eigenvalue weighted by Crippen LogP contribution is 2.49. The fourth-order valence-electron chi connectivity index (χ4n) is 5.49. The molecule has 0 bridgehead atoms. The van der Waals surface area contributed by atoms with Gasteiger partial charge >= 0.3 is 0 Å². The Hall–Kier alpha value is -2.07. The minimum Gasteiger partial charge on any atom is -0.386 e. The third-order valence-electron chi connectivity index (χ3n) is 8.45. The van der Waals surface area contributed by atoms with E-state index in [9.17, 15) is 9.90 Å². The Kier molecular flexibility index (Phi) is 5.93. The Morgan fingerprint density at radius 1 is 1.06 bits per heavy atom. The second-order valence-electron chi connectivity index (χ2n) is 11.8. The molecule has 2 aromatic rings. The average Bonchev–Trinajstić information content (AvgIpc) is 3.37. The second kappa shape index (κ2) is 8.61. The lowest BCUT2D eigenvalue weighted by atomic mass is 9.84. The van der Waals surface area contributed by atoms with Crippen molar-refractivity contribution < 1.29 is 9.90 Å². The number of amides is 1. The third kappa shape index (κ3) is 4.91. The molecule has 3 N–H and O–H groups in total. The van der Waals surface area contributed by atoms with Crippen LogP contribution in [0.3, 0.4) is 0 Å². The van der Waals surface area contributed by atoms with E-state index in [0.29, 0.717) is 17.7 Å². The van der Waals surface area contributed by atoms with Gasteiger partial charge in [0.05, 0.1) is 5.60 Å². The summed E-state index contributed by atoms with van der Waals surface area (Å²) in [5.74, 6) is 0.695. The van der Waals surface area contributed by atoms with E-state index in [0.717, 1.165) is 36.0 Å². The molecule has 0 atom stereocenters. The molecule has 3 saturated carbocycles. The van der Waals surface area contributed by atoms with Gasteiger partial charge in [-0.05, 0) is 92.5 Å². The third-order valence-corrected chi connectivity index (χ3v) is 8.45. The van der Waals surface area contributed by atoms with E-state index in [4.69, 9.17) is 0 Å². The maximum atomic E-state index is 13.0. The molecule has 0 radical (unpaired) electrons. The molecular weight excluding hydrogens is 408 g/mol. The van der Waals surface area contributed by atoms with E-state index < -0.39 is 5.60 Å². The molecule has 3 aliphatic carbocycles. The summed E-state index contributed by atoms with van der Waals surface area (Å²) in [4.78, 5) is 16.6. The summed E-state index contributed by atoms with van der Waals surface area (Å²) >= 11 is 0. The Morgan fingerprint density at radius 3 is 2.39 bits per heavy atom. The number of aromatic amines is 1. The number of carbonyl (C=O) groups excluding carboxylic acids is 1. The summed E-state index contributed by atoms with van der Waals surface area (Å²) in [6.07, 6.45) is 13.3. The van der Waals surface area contributed by atoms with Gasteiger partial charge in [0.15, 0.2) is 0 Å². The lowest BCUT2D eigenvalue weighted by Gasteiger charge is -2.26. The van der Waals surface area contributed by atoms with Gasteiger partial charge in [-0.25, -0.2) is 0 Å². The van der Waals surface area contributed by atoms with Crippen LogP contribution in [-0.2, 0) is 17.4 Å². The van der Waals surface area contributed by atoms with E-state index in [-0.39, 0.29) is 11.3 Å². The molecule has 1 heterocycles. The molecule has 0 spiro atoms. The van der Waals surface area contributed by atoms with Crippen LogP contribution in [-0.4, -0.2) is 22.0 Å². The first-order chi connectivity index (χ1) is 15.7. The van der Waals surface area contributed by atoms with Crippen molar-refractivity contribution in [3.8, 4) is 11.1 Å². The highest BCUT2D eigenvalue weighted by Gasteiger charge is 2.40. The number of rotatable bonds is 7. The summed E-state index contributed by atoms with van der Waals surface area (Å²) in [6, 6.07) is 9.02. The molecule has 1 aromatic heterocycles. The quantitative estimate of drug-likeness (QED) is 0.461. The van der Waals surface area contributed by atoms with Gasteiger partial charge in [-0.15, -0.1) is 0 Å². The molecule has 3 aliphatic rings. The van der Waals surface area contributed by atoms with E-state index in [1.807, 2.05) is 13.8 Å². The minimum absolute atomic E-state index is 0.0175. The molecule has 0 unspecified atom stereocenters. The topological polar surface area (TPSA) is 65.1 Å². The highest BCUT2D eigenvalue weighted by molar-refractivity contribution is 5.94. The van der Waals surface area contributed by atoms with Crippen molar-refractivity contribution in [2.24, 2.45) is 5.92 Å². The molecule has 0 saturated heterocycles. The summed E-state index contributed by atoms with van der Waals surface area (Å²) in [6.45, 7) is 6.04. The van der Waals surface area contributed by atoms with E-state index >= 15 is 0 Å². The Morgan fingerprint density at radius 2 is 1.79 bits per heavy atom. The van der Waals surface area contributed by atoms with Crippen LogP contribution in [0.1, 0.15) is 112 Å². The van der Waals surface area contributed by atoms with E-state index in [1.54, 1.807) is 0 Å². The van der Waals surface area contributed by atoms with Crippen molar-refractivity contribution in [3.63, 3.8) is 0 Å². The molecule has 33 heavy (non-hydrogen) atoms. The Bertz CT molecular complexity index is 991. The summed E-state index contributed by atoms with van der Waals surface area (Å²) in [7, 11) is 0. The summed E-state index contributed by atoms with van der Waals surface area (Å²) in [5.41, 5.74) is 5.69. The molecule has 178 valence electrons. The maximum absolute atomic E-state index is 13.0. The normalized spacial score (nSPS) is 21.0. The van der Waals surface area contributed by atoms with Crippen LogP contribution in [0.25, 0.3) is 11.1 Å². The van der Waals surface area contributed by atoms with Gasteiger partial charge in [-0.1, -0.05) is 51.2 Å². The fraction of sp³-hybridized carbons (Fsp3) is 0.621. The number of aliphatic hydroxyl groups is 1. The van der Waals surface area contributed by atoms with Gasteiger partial charge in [0.25, 0.3) is 5.91 Å². The van der Waals surface area contributed by atoms with Gasteiger partial charge in [0.1, 0.15) is 5.69 Å². The molecule has 3 fully saturated rings. The molecule has 1 aromatic carbocycles. The largest absolute Gasteiger partial charge is 0.386 e. The number of aromatic nitrogens is 1. The zero-order chi connectivity index (χ0) is 23.2. The minimum atomic E-state index is -0.903. The Labute approximate surface area is 198 Å². The van der Waals surface area contributed by atoms with E-state index in [2.05, 4.69) is 41.5 Å². The number of nitrogens with one attached hydrogen (secondary N) is 2. The Balaban J connectivity index is 1.54. The van der Waals surface area contributed by atoms with Gasteiger partial charge < -0.3 is 15.4 Å². The van der Waals surface area contributed by atoms with Crippen molar-refractivity contribution in [1.82, 2.24) is 10.3 Å². The van der Waals surface area contributed by atoms with Crippen LogP contribution >= 0.6 is 0 Å². The van der Waals surface area contributed by atoms with Crippen LogP contribution < -0.4 is 5.32 Å². The SMILES string of the molecule is CC(C)(O)c1cc(-c2cc(C(=O)NC3CCC3)[nH]c2CC2CCCCC2)cc(C2(C)CC2)c1. The van der Waals surface area contributed by atoms with Crippen molar-refractivity contribution in [1.29, 1.82) is 0 Å². The zero-order valence-corrected chi connectivity index (χ0v) is 20.6. The molecule has 1 amide bonds. The van der Waals surface area contributed by atoms with Gasteiger partial charge in [-0.2, -0.15) is 0 Å². The first-order valence-corrected chi connectivity index (χ1v) is 13.1. The number of H-pyrrole nitrogens is 1. The lowest BCUT2D eigenvalue weighted by Crippen LogP contribution is -2.39. The van der Waals surface area contributed by atoms with Crippen molar-refractivity contribution in [3.05, 3.63) is 46.8 Å². The van der Waals surface area contributed by atoms with Crippen molar-refractivity contribution >= 4 is 5.91 Å². The molecule has 0 aliphatic heterocycles. The number of benzene rings is 1. The van der Waals surface area contributed by atoms with Crippen LogP contribution in [0.2, 0.25) is 0 Å². The van der Waals surface area contributed by atoms with Crippen molar-refractivity contribution in [2.75, 3.05) is 0 Å². The zero-order valence-electron chi connectivity index (χ0n) is 20.6. The predicted molar refractivity (Wildman–Crippen MR) is 133 cm³/mol. The summed E-state index contributed by atoms with van der Waals surface area (Å²) < 4.78 is 0. The molecular formula is C29H40N2O2.